The normalized spacial score (nSPS) is 16.0. The fourth-order valence-corrected chi connectivity index (χ4v) is 10.4. The van der Waals surface area contributed by atoms with Crippen LogP contribution in [0.5, 0.6) is 0 Å². The molecule has 66 heavy (non-hydrogen) atoms. The van der Waals surface area contributed by atoms with Gasteiger partial charge in [-0.3, -0.25) is 0 Å². The van der Waals surface area contributed by atoms with Gasteiger partial charge in [0.25, 0.3) is 0 Å². The van der Waals surface area contributed by atoms with E-state index in [9.17, 15) is 0 Å². The molecule has 336 valence electrons. The van der Waals surface area contributed by atoms with Crippen LogP contribution in [0.2, 0.25) is 0 Å². The smallest absolute Gasteiger partial charge is 0.0644 e. The number of nitrogens with zero attached hydrogens (tertiary/aromatic N) is 8. The van der Waals surface area contributed by atoms with E-state index in [0.717, 1.165) is 33.9 Å². The number of aromatic nitrogens is 4. The molecule has 2 aliphatic carbocycles. The number of rotatable bonds is 6. The molecule has 2 aliphatic heterocycles. The van der Waals surface area contributed by atoms with Gasteiger partial charge in [0.1, 0.15) is 0 Å². The van der Waals surface area contributed by atoms with Crippen LogP contribution in [0.3, 0.4) is 0 Å². The Morgan fingerprint density at radius 2 is 0.758 bits per heavy atom. The zero-order chi connectivity index (χ0) is 43.7. The van der Waals surface area contributed by atoms with E-state index in [4.69, 9.17) is 0 Å². The molecule has 12 rings (SSSR count). The van der Waals surface area contributed by atoms with Gasteiger partial charge in [0, 0.05) is 64.9 Å². The molecule has 10 heteroatoms. The third kappa shape index (κ3) is 6.62. The van der Waals surface area contributed by atoms with Crippen molar-refractivity contribution in [1.29, 1.82) is 0 Å². The molecule has 0 spiro atoms. The van der Waals surface area contributed by atoms with Crippen molar-refractivity contribution >= 4 is 11.4 Å². The van der Waals surface area contributed by atoms with Crippen LogP contribution >= 0.6 is 0 Å². The van der Waals surface area contributed by atoms with Crippen LogP contribution < -0.4 is 20.0 Å². The van der Waals surface area contributed by atoms with Crippen LogP contribution in [0.15, 0.2) is 181 Å². The van der Waals surface area contributed by atoms with Crippen LogP contribution in [0.25, 0.3) is 22.3 Å². The van der Waals surface area contributed by atoms with E-state index in [1.54, 1.807) is 12.4 Å². The van der Waals surface area contributed by atoms with Crippen LogP contribution in [0, 0.1) is 25.5 Å². The Kier molecular flexibility index (Phi) is 12.0. The second-order valence-electron chi connectivity index (χ2n) is 16.9. The SMILES string of the molecule is CC1=C(C)N(c2[c-]c(C3(c4cc[n-]n4)c4ccccc4-c4ccccc43)ccc2)[CH-]N1C.CC1=C(C)N(c2[c-]c(C3(c4cc[n-]n4)c4ccccc4-c4ccccc43)ccc2)[CH-]N1C.[Pt].[Pt]. The molecule has 0 atom stereocenters. The average Bonchev–Trinajstić information content (AvgIpc) is 4.22. The van der Waals surface area contributed by atoms with Gasteiger partial charge in [0.05, 0.1) is 10.8 Å². The molecule has 0 fully saturated rings. The molecular formula is C56H46N8Pt2-6. The summed E-state index contributed by atoms with van der Waals surface area (Å²) in [7, 11) is 4.15. The molecule has 0 amide bonds. The summed E-state index contributed by atoms with van der Waals surface area (Å²) in [6, 6.07) is 59.0. The molecule has 4 heterocycles. The molecular weight excluding hydrogens is 1170 g/mol. The first kappa shape index (κ1) is 45.0. The fraction of sp³-hybridized carbons (Fsp3) is 0.143. The molecule has 0 N–H and O–H groups in total. The van der Waals surface area contributed by atoms with Gasteiger partial charge in [-0.1, -0.05) is 109 Å². The van der Waals surface area contributed by atoms with Crippen molar-refractivity contribution < 1.29 is 42.1 Å². The first-order valence-corrected chi connectivity index (χ1v) is 21.7. The topological polar surface area (TPSA) is 66.9 Å². The third-order valence-electron chi connectivity index (χ3n) is 13.9. The Balaban J connectivity index is 0.000000161. The van der Waals surface area contributed by atoms with Gasteiger partial charge in [-0.2, -0.15) is 74.3 Å². The minimum absolute atomic E-state index is 0. The maximum Gasteiger partial charge on any atom is 0.0644 e. The van der Waals surface area contributed by atoms with E-state index >= 15 is 0 Å². The molecule has 4 aliphatic rings. The van der Waals surface area contributed by atoms with Gasteiger partial charge in [0.2, 0.25) is 0 Å². The predicted octanol–water partition coefficient (Wildman–Crippen LogP) is 10.6. The summed E-state index contributed by atoms with van der Waals surface area (Å²) in [5, 5.41) is 17.6. The van der Waals surface area contributed by atoms with Crippen LogP contribution in [-0.4, -0.2) is 34.1 Å². The summed E-state index contributed by atoms with van der Waals surface area (Å²) in [5.41, 5.74) is 19.6. The van der Waals surface area contributed by atoms with Gasteiger partial charge in [-0.25, -0.2) is 0 Å². The number of hydrogen-bond donors (Lipinski definition) is 0. The van der Waals surface area contributed by atoms with E-state index < -0.39 is 10.8 Å². The van der Waals surface area contributed by atoms with Crippen molar-refractivity contribution in [3.8, 4) is 22.3 Å². The number of allylic oxidation sites excluding steroid dienone is 4. The average molecular weight is 1220 g/mol. The molecule has 0 saturated carbocycles. The standard InChI is InChI=1S/2C28H23N4.2Pt/c2*1-19-20(2)32(18-31(19)3)22-10-8-9-21(17-22)28(27-15-16-29-30-27)25-13-6-4-11-23(25)24-12-5-7-14-26(24)28;;/h2*4-16,18H,1-3H3;;/q2*-3;;. The van der Waals surface area contributed by atoms with Gasteiger partial charge >= 0.3 is 0 Å². The van der Waals surface area contributed by atoms with E-state index in [2.05, 4.69) is 241 Å². The molecule has 0 saturated heterocycles. The second kappa shape index (κ2) is 17.5. The van der Waals surface area contributed by atoms with Crippen LogP contribution in [-0.2, 0) is 53.0 Å². The molecule has 6 aromatic carbocycles. The van der Waals surface area contributed by atoms with E-state index in [0.29, 0.717) is 0 Å². The summed E-state index contributed by atoms with van der Waals surface area (Å²) in [6.45, 7) is 12.8. The summed E-state index contributed by atoms with van der Waals surface area (Å²) in [5.74, 6) is 0. The maximum atomic E-state index is 4.60. The minimum Gasteiger partial charge on any atom is -0.581 e. The molecule has 0 unspecified atom stereocenters. The number of fused-ring (bicyclic) bond motifs is 6. The second-order valence-corrected chi connectivity index (χ2v) is 16.9. The maximum absolute atomic E-state index is 4.60. The zero-order valence-electron chi connectivity index (χ0n) is 37.4. The summed E-state index contributed by atoms with van der Waals surface area (Å²) in [6.07, 6.45) is 3.56. The van der Waals surface area contributed by atoms with Crippen molar-refractivity contribution in [2.75, 3.05) is 23.9 Å². The van der Waals surface area contributed by atoms with Crippen molar-refractivity contribution in [3.63, 3.8) is 0 Å². The Labute approximate surface area is 416 Å². The molecule has 2 aromatic heterocycles. The van der Waals surface area contributed by atoms with E-state index in [1.807, 2.05) is 12.1 Å². The fourth-order valence-electron chi connectivity index (χ4n) is 10.4. The summed E-state index contributed by atoms with van der Waals surface area (Å²) >= 11 is 0. The molecule has 0 radical (unpaired) electrons. The monoisotopic (exact) mass is 1220 g/mol. The zero-order valence-corrected chi connectivity index (χ0v) is 41.9. The predicted molar refractivity (Wildman–Crippen MR) is 253 cm³/mol. The van der Waals surface area contributed by atoms with Gasteiger partial charge in [-0.15, -0.1) is 22.5 Å². The van der Waals surface area contributed by atoms with Gasteiger partial charge in [0.15, 0.2) is 0 Å². The number of anilines is 2. The van der Waals surface area contributed by atoms with E-state index in [-0.39, 0.29) is 42.1 Å². The quantitative estimate of drug-likeness (QED) is 0.153. The van der Waals surface area contributed by atoms with Gasteiger partial charge in [-0.05, 0) is 97.7 Å². The summed E-state index contributed by atoms with van der Waals surface area (Å²) < 4.78 is 0. The van der Waals surface area contributed by atoms with Crippen molar-refractivity contribution in [2.45, 2.75) is 38.5 Å². The molecule has 8 nitrogen and oxygen atoms in total. The third-order valence-corrected chi connectivity index (χ3v) is 13.9. The first-order chi connectivity index (χ1) is 31.2. The minimum atomic E-state index is -0.558. The summed E-state index contributed by atoms with van der Waals surface area (Å²) in [4.78, 5) is 8.70. The van der Waals surface area contributed by atoms with Gasteiger partial charge < -0.3 is 40.0 Å². The molecule has 8 aromatic rings. The van der Waals surface area contributed by atoms with Crippen molar-refractivity contribution in [2.24, 2.45) is 0 Å². The van der Waals surface area contributed by atoms with E-state index in [1.165, 1.54) is 67.3 Å². The Morgan fingerprint density at radius 3 is 1.05 bits per heavy atom. The number of hydrogen-bond acceptors (Lipinski definition) is 6. The van der Waals surface area contributed by atoms with Crippen molar-refractivity contribution in [3.05, 3.63) is 251 Å². The Hall–Kier alpha value is -6.20. The van der Waals surface area contributed by atoms with Crippen LogP contribution in [0.1, 0.15) is 72.5 Å². The Bertz CT molecular complexity index is 2830. The largest absolute Gasteiger partial charge is 0.581 e. The Morgan fingerprint density at radius 1 is 0.424 bits per heavy atom. The van der Waals surface area contributed by atoms with Crippen molar-refractivity contribution in [1.82, 2.24) is 30.2 Å². The van der Waals surface area contributed by atoms with Crippen LogP contribution in [0.4, 0.5) is 11.4 Å². The molecule has 0 bridgehead atoms. The first-order valence-electron chi connectivity index (χ1n) is 21.7. The number of benzene rings is 6.